The predicted octanol–water partition coefficient (Wildman–Crippen LogP) is 2.11. The zero-order valence-electron chi connectivity index (χ0n) is 14.9. The molecule has 0 saturated heterocycles. The molecular formula is C19H21N3O4S. The number of fused-ring (bicyclic) bond motifs is 1. The summed E-state index contributed by atoms with van der Waals surface area (Å²) in [6.07, 6.45) is 0. The summed E-state index contributed by atoms with van der Waals surface area (Å²) in [5.74, 6) is 1.06. The van der Waals surface area contributed by atoms with Crippen molar-refractivity contribution in [1.82, 2.24) is 5.32 Å². The first-order chi connectivity index (χ1) is 13.0. The van der Waals surface area contributed by atoms with Gasteiger partial charge in [-0.25, -0.2) is 0 Å². The average Bonchev–Trinajstić information content (AvgIpc) is 3.13. The monoisotopic (exact) mass is 387 g/mol. The number of ether oxygens (including phenoxy) is 2. The lowest BCUT2D eigenvalue weighted by atomic mass is 10.2. The van der Waals surface area contributed by atoms with Gasteiger partial charge in [0, 0.05) is 17.1 Å². The first-order valence-electron chi connectivity index (χ1n) is 8.46. The van der Waals surface area contributed by atoms with Gasteiger partial charge in [0.25, 0.3) is 0 Å². The fraction of sp³-hybridized carbons (Fsp3) is 0.263. The van der Waals surface area contributed by atoms with Crippen molar-refractivity contribution in [2.24, 2.45) is 5.73 Å². The van der Waals surface area contributed by atoms with Gasteiger partial charge in [-0.1, -0.05) is 18.2 Å². The maximum absolute atomic E-state index is 12.4. The molecule has 0 aliphatic carbocycles. The third-order valence-corrected chi connectivity index (χ3v) is 5.02. The van der Waals surface area contributed by atoms with Crippen LogP contribution in [0.15, 0.2) is 47.4 Å². The summed E-state index contributed by atoms with van der Waals surface area (Å²) in [5, 5.41) is 6.08. The normalized spacial score (nSPS) is 13.1. The molecule has 2 aromatic carbocycles. The molecule has 3 rings (SSSR count). The van der Waals surface area contributed by atoms with Crippen LogP contribution < -0.4 is 25.8 Å². The van der Waals surface area contributed by atoms with Crippen LogP contribution in [0.2, 0.25) is 0 Å². The molecule has 1 aliphatic rings. The number of rotatable bonds is 8. The van der Waals surface area contributed by atoms with E-state index in [1.54, 1.807) is 6.92 Å². The number of hydrogen-bond donors (Lipinski definition) is 3. The van der Waals surface area contributed by atoms with Crippen molar-refractivity contribution < 1.29 is 19.1 Å². The van der Waals surface area contributed by atoms with Crippen LogP contribution >= 0.6 is 11.8 Å². The standard InChI is InChI=1S/C19H21N3O4S/c1-12(22-14-4-2-3-5-17(14)27-10-18(20)23)19(24)21-9-13-6-7-15-16(8-13)26-11-25-15/h2-8,12,22H,9-11H2,1H3,(H2,20,23)(H,21,24)/t12-/m1/s1. The van der Waals surface area contributed by atoms with Crippen LogP contribution in [0.4, 0.5) is 5.69 Å². The van der Waals surface area contributed by atoms with Gasteiger partial charge in [-0.15, -0.1) is 11.8 Å². The van der Waals surface area contributed by atoms with Gasteiger partial charge in [-0.3, -0.25) is 9.59 Å². The number of anilines is 1. The Morgan fingerprint density at radius 3 is 2.78 bits per heavy atom. The Morgan fingerprint density at radius 1 is 1.19 bits per heavy atom. The Hall–Kier alpha value is -2.87. The number of nitrogens with two attached hydrogens (primary N) is 1. The smallest absolute Gasteiger partial charge is 0.242 e. The van der Waals surface area contributed by atoms with Crippen molar-refractivity contribution in [3.05, 3.63) is 48.0 Å². The van der Waals surface area contributed by atoms with Crippen LogP contribution in [0.5, 0.6) is 11.5 Å². The number of amides is 2. The van der Waals surface area contributed by atoms with Crippen LogP contribution in [0.1, 0.15) is 12.5 Å². The number of hydrogen-bond acceptors (Lipinski definition) is 6. The Labute approximate surface area is 161 Å². The van der Waals surface area contributed by atoms with Crippen LogP contribution in [0.3, 0.4) is 0 Å². The zero-order valence-corrected chi connectivity index (χ0v) is 15.7. The second kappa shape index (κ2) is 8.68. The summed E-state index contributed by atoms with van der Waals surface area (Å²) < 4.78 is 10.6. The first kappa shape index (κ1) is 18.9. The van der Waals surface area contributed by atoms with E-state index in [0.717, 1.165) is 16.1 Å². The van der Waals surface area contributed by atoms with E-state index in [-0.39, 0.29) is 24.4 Å². The van der Waals surface area contributed by atoms with Crippen LogP contribution in [-0.2, 0) is 16.1 Å². The highest BCUT2D eigenvalue weighted by molar-refractivity contribution is 8.00. The molecule has 8 heteroatoms. The molecule has 0 bridgehead atoms. The molecule has 1 atom stereocenters. The minimum atomic E-state index is -0.450. The number of carbonyl (C=O) groups is 2. The number of primary amides is 1. The first-order valence-corrected chi connectivity index (χ1v) is 9.44. The van der Waals surface area contributed by atoms with Gasteiger partial charge in [0.05, 0.1) is 5.75 Å². The van der Waals surface area contributed by atoms with Crippen LogP contribution in [-0.4, -0.2) is 30.4 Å². The zero-order chi connectivity index (χ0) is 19.2. The third kappa shape index (κ3) is 5.07. The Balaban J connectivity index is 1.55. The van der Waals surface area contributed by atoms with E-state index in [1.807, 2.05) is 42.5 Å². The molecule has 0 unspecified atom stereocenters. The van der Waals surface area contributed by atoms with Crippen LogP contribution in [0.25, 0.3) is 0 Å². The minimum absolute atomic E-state index is 0.137. The summed E-state index contributed by atoms with van der Waals surface area (Å²) in [4.78, 5) is 24.3. The second-order valence-corrected chi connectivity index (χ2v) is 7.04. The molecule has 2 aromatic rings. The van der Waals surface area contributed by atoms with E-state index in [0.29, 0.717) is 18.0 Å². The molecule has 142 valence electrons. The highest BCUT2D eigenvalue weighted by Crippen LogP contribution is 2.32. The van der Waals surface area contributed by atoms with Gasteiger partial charge in [0.2, 0.25) is 18.6 Å². The molecule has 1 heterocycles. The molecule has 1 aliphatic heterocycles. The maximum atomic E-state index is 12.4. The van der Waals surface area contributed by atoms with Gasteiger partial charge in [0.1, 0.15) is 6.04 Å². The second-order valence-electron chi connectivity index (χ2n) is 6.02. The van der Waals surface area contributed by atoms with Crippen molar-refractivity contribution in [3.63, 3.8) is 0 Å². The van der Waals surface area contributed by atoms with Crippen molar-refractivity contribution >= 4 is 29.3 Å². The van der Waals surface area contributed by atoms with Gasteiger partial charge in [0.15, 0.2) is 11.5 Å². The van der Waals surface area contributed by atoms with Gasteiger partial charge < -0.3 is 25.8 Å². The third-order valence-electron chi connectivity index (χ3n) is 3.93. The summed E-state index contributed by atoms with van der Waals surface area (Å²) in [5.41, 5.74) is 6.92. The fourth-order valence-corrected chi connectivity index (χ4v) is 3.31. The number of nitrogens with one attached hydrogen (secondary N) is 2. The van der Waals surface area contributed by atoms with E-state index < -0.39 is 6.04 Å². The van der Waals surface area contributed by atoms with Crippen molar-refractivity contribution in [3.8, 4) is 11.5 Å². The van der Waals surface area contributed by atoms with E-state index in [2.05, 4.69) is 10.6 Å². The lowest BCUT2D eigenvalue weighted by Crippen LogP contribution is -2.37. The average molecular weight is 387 g/mol. The molecule has 0 aromatic heterocycles. The predicted molar refractivity (Wildman–Crippen MR) is 104 cm³/mol. The number of carbonyl (C=O) groups excluding carboxylic acids is 2. The Kier molecular flexibility index (Phi) is 6.08. The molecule has 7 nitrogen and oxygen atoms in total. The van der Waals surface area contributed by atoms with Crippen molar-refractivity contribution in [2.75, 3.05) is 17.9 Å². The molecule has 0 saturated carbocycles. The van der Waals surface area contributed by atoms with E-state index >= 15 is 0 Å². The molecule has 0 fully saturated rings. The van der Waals surface area contributed by atoms with Crippen molar-refractivity contribution in [1.29, 1.82) is 0 Å². The maximum Gasteiger partial charge on any atom is 0.242 e. The van der Waals surface area contributed by atoms with Crippen LogP contribution in [0, 0.1) is 0 Å². The summed E-state index contributed by atoms with van der Waals surface area (Å²) in [6, 6.07) is 12.6. The van der Waals surface area contributed by atoms with Gasteiger partial charge in [-0.05, 0) is 36.8 Å². The number of benzene rings is 2. The SMILES string of the molecule is C[C@@H](Nc1ccccc1SCC(N)=O)C(=O)NCc1ccc2c(c1)OCO2. The lowest BCUT2D eigenvalue weighted by Gasteiger charge is -2.17. The summed E-state index contributed by atoms with van der Waals surface area (Å²) in [7, 11) is 0. The highest BCUT2D eigenvalue weighted by atomic mass is 32.2. The molecule has 0 radical (unpaired) electrons. The van der Waals surface area contributed by atoms with Gasteiger partial charge >= 0.3 is 0 Å². The molecule has 4 N–H and O–H groups in total. The largest absolute Gasteiger partial charge is 0.454 e. The molecular weight excluding hydrogens is 366 g/mol. The molecule has 0 spiro atoms. The van der Waals surface area contributed by atoms with Gasteiger partial charge in [-0.2, -0.15) is 0 Å². The topological polar surface area (TPSA) is 103 Å². The highest BCUT2D eigenvalue weighted by Gasteiger charge is 2.16. The minimum Gasteiger partial charge on any atom is -0.454 e. The summed E-state index contributed by atoms with van der Waals surface area (Å²) in [6.45, 7) is 2.39. The number of para-hydroxylation sites is 1. The van der Waals surface area contributed by atoms with E-state index in [9.17, 15) is 9.59 Å². The number of thioether (sulfide) groups is 1. The van der Waals surface area contributed by atoms with E-state index in [4.69, 9.17) is 15.2 Å². The quantitative estimate of drug-likeness (QED) is 0.600. The van der Waals surface area contributed by atoms with E-state index in [1.165, 1.54) is 11.8 Å². The lowest BCUT2D eigenvalue weighted by molar-refractivity contribution is -0.121. The Bertz CT molecular complexity index is 843. The fourth-order valence-electron chi connectivity index (χ4n) is 2.55. The van der Waals surface area contributed by atoms with Crippen molar-refractivity contribution in [2.45, 2.75) is 24.4 Å². The Morgan fingerprint density at radius 2 is 1.96 bits per heavy atom. The molecule has 27 heavy (non-hydrogen) atoms. The summed E-state index contributed by atoms with van der Waals surface area (Å²) >= 11 is 1.34. The molecule has 2 amide bonds.